The van der Waals surface area contributed by atoms with Crippen LogP contribution >= 0.6 is 23.4 Å². The zero-order valence-corrected chi connectivity index (χ0v) is 10.6. The van der Waals surface area contributed by atoms with Gasteiger partial charge in [0.2, 0.25) is 0 Å². The minimum atomic E-state index is -0.206. The number of nitrogens with two attached hydrogens (primary N) is 1. The number of methoxy groups -OCH3 is 1. The van der Waals surface area contributed by atoms with Crippen molar-refractivity contribution in [2.75, 3.05) is 12.9 Å². The summed E-state index contributed by atoms with van der Waals surface area (Å²) < 4.78 is 4.55. The third-order valence-electron chi connectivity index (χ3n) is 2.02. The Morgan fingerprint density at radius 3 is 2.88 bits per heavy atom. The van der Waals surface area contributed by atoms with Gasteiger partial charge < -0.3 is 10.5 Å². The topological polar surface area (TPSA) is 52.3 Å². The highest BCUT2D eigenvalue weighted by atomic mass is 35.5. The Hall–Kier alpha value is -0.710. The highest BCUT2D eigenvalue weighted by Gasteiger charge is 2.04. The van der Waals surface area contributed by atoms with Crippen molar-refractivity contribution in [2.24, 2.45) is 5.73 Å². The number of hydrogen-bond donors (Lipinski definition) is 1. The fraction of sp³-hybridized carbons (Fsp3) is 0.364. The van der Waals surface area contributed by atoms with E-state index in [9.17, 15) is 4.79 Å². The van der Waals surface area contributed by atoms with Crippen molar-refractivity contribution in [1.29, 1.82) is 0 Å². The van der Waals surface area contributed by atoms with Gasteiger partial charge in [-0.05, 0) is 17.7 Å². The van der Waals surface area contributed by atoms with Gasteiger partial charge in [0.25, 0.3) is 0 Å². The number of esters is 1. The molecular weight excluding hydrogens is 246 g/mol. The van der Waals surface area contributed by atoms with Crippen LogP contribution < -0.4 is 5.73 Å². The molecule has 16 heavy (non-hydrogen) atoms. The van der Waals surface area contributed by atoms with Crippen LogP contribution in [-0.2, 0) is 16.1 Å². The lowest BCUT2D eigenvalue weighted by atomic mass is 10.2. The summed E-state index contributed by atoms with van der Waals surface area (Å²) in [5.41, 5.74) is 6.50. The van der Waals surface area contributed by atoms with E-state index in [0.717, 1.165) is 10.5 Å². The van der Waals surface area contributed by atoms with Crippen LogP contribution in [0.15, 0.2) is 23.1 Å². The number of benzene rings is 1. The van der Waals surface area contributed by atoms with Crippen LogP contribution in [0.4, 0.5) is 0 Å². The molecule has 0 atom stereocenters. The molecular formula is C11H14ClNO2S. The van der Waals surface area contributed by atoms with Gasteiger partial charge in [-0.25, -0.2) is 0 Å². The number of halogens is 1. The molecule has 0 radical (unpaired) electrons. The maximum absolute atomic E-state index is 10.9. The van der Waals surface area contributed by atoms with E-state index in [-0.39, 0.29) is 5.97 Å². The largest absolute Gasteiger partial charge is 0.469 e. The summed E-state index contributed by atoms with van der Waals surface area (Å²) in [6.07, 6.45) is 0.385. The van der Waals surface area contributed by atoms with E-state index in [2.05, 4.69) is 4.74 Å². The van der Waals surface area contributed by atoms with Crippen molar-refractivity contribution < 1.29 is 9.53 Å². The molecule has 0 spiro atoms. The molecule has 88 valence electrons. The number of thioether (sulfide) groups is 1. The number of rotatable bonds is 5. The monoisotopic (exact) mass is 259 g/mol. The summed E-state index contributed by atoms with van der Waals surface area (Å²) in [6, 6.07) is 5.71. The van der Waals surface area contributed by atoms with Crippen LogP contribution in [0.5, 0.6) is 0 Å². The maximum atomic E-state index is 10.9. The standard InChI is InChI=1S/C11H14ClNO2S/c1-15-11(14)4-5-16-10-3-2-8(7-13)6-9(10)12/h2-3,6H,4-5,7,13H2,1H3. The van der Waals surface area contributed by atoms with Crippen molar-refractivity contribution in [3.8, 4) is 0 Å². The van der Waals surface area contributed by atoms with Crippen LogP contribution in [-0.4, -0.2) is 18.8 Å². The minimum Gasteiger partial charge on any atom is -0.469 e. The molecule has 0 aromatic heterocycles. The quantitative estimate of drug-likeness (QED) is 0.652. The molecule has 0 aliphatic rings. The summed E-state index contributed by atoms with van der Waals surface area (Å²) in [4.78, 5) is 11.9. The smallest absolute Gasteiger partial charge is 0.306 e. The third kappa shape index (κ3) is 4.04. The van der Waals surface area contributed by atoms with Gasteiger partial charge in [0.1, 0.15) is 0 Å². The molecule has 2 N–H and O–H groups in total. The third-order valence-corrected chi connectivity index (χ3v) is 3.52. The molecule has 0 aliphatic carbocycles. The number of hydrogen-bond acceptors (Lipinski definition) is 4. The minimum absolute atomic E-state index is 0.206. The number of carbonyl (C=O) groups excluding carboxylic acids is 1. The van der Waals surface area contributed by atoms with E-state index < -0.39 is 0 Å². The van der Waals surface area contributed by atoms with E-state index in [1.807, 2.05) is 18.2 Å². The molecule has 0 saturated heterocycles. The molecule has 5 heteroatoms. The fourth-order valence-electron chi connectivity index (χ4n) is 1.13. The SMILES string of the molecule is COC(=O)CCSc1ccc(CN)cc1Cl. The Morgan fingerprint density at radius 1 is 1.56 bits per heavy atom. The molecule has 0 unspecified atom stereocenters. The van der Waals surface area contributed by atoms with Crippen molar-refractivity contribution in [3.05, 3.63) is 28.8 Å². The first-order valence-electron chi connectivity index (χ1n) is 4.85. The van der Waals surface area contributed by atoms with Crippen molar-refractivity contribution in [3.63, 3.8) is 0 Å². The first-order valence-corrected chi connectivity index (χ1v) is 6.22. The predicted octanol–water partition coefficient (Wildman–Crippen LogP) is 2.45. The van der Waals surface area contributed by atoms with Crippen LogP contribution in [0.3, 0.4) is 0 Å². The van der Waals surface area contributed by atoms with Gasteiger partial charge >= 0.3 is 5.97 Å². The van der Waals surface area contributed by atoms with E-state index in [1.54, 1.807) is 0 Å². The Morgan fingerprint density at radius 2 is 2.31 bits per heavy atom. The maximum Gasteiger partial charge on any atom is 0.306 e. The molecule has 0 fully saturated rings. The highest BCUT2D eigenvalue weighted by molar-refractivity contribution is 7.99. The summed E-state index contributed by atoms with van der Waals surface area (Å²) in [7, 11) is 1.38. The average Bonchev–Trinajstić information content (AvgIpc) is 2.30. The van der Waals surface area contributed by atoms with Gasteiger partial charge in [0.15, 0.2) is 0 Å². The van der Waals surface area contributed by atoms with Crippen molar-refractivity contribution in [2.45, 2.75) is 17.9 Å². The molecule has 3 nitrogen and oxygen atoms in total. The fourth-order valence-corrected chi connectivity index (χ4v) is 2.35. The van der Waals surface area contributed by atoms with Gasteiger partial charge in [-0.3, -0.25) is 4.79 Å². The number of ether oxygens (including phenoxy) is 1. The number of carbonyl (C=O) groups is 1. The van der Waals surface area contributed by atoms with Gasteiger partial charge in [-0.2, -0.15) is 0 Å². The normalized spacial score (nSPS) is 10.2. The zero-order valence-electron chi connectivity index (χ0n) is 9.03. The molecule has 0 heterocycles. The van der Waals surface area contributed by atoms with Crippen LogP contribution in [0.25, 0.3) is 0 Å². The average molecular weight is 260 g/mol. The lowest BCUT2D eigenvalue weighted by molar-refractivity contribution is -0.140. The first kappa shape index (κ1) is 13.4. The Labute approximate surface area is 104 Å². The van der Waals surface area contributed by atoms with E-state index in [1.165, 1.54) is 18.9 Å². The molecule has 0 saturated carbocycles. The summed E-state index contributed by atoms with van der Waals surface area (Å²) in [5, 5.41) is 0.679. The van der Waals surface area contributed by atoms with Crippen LogP contribution in [0.1, 0.15) is 12.0 Å². The van der Waals surface area contributed by atoms with Crippen molar-refractivity contribution in [1.82, 2.24) is 0 Å². The highest BCUT2D eigenvalue weighted by Crippen LogP contribution is 2.28. The first-order chi connectivity index (χ1) is 7.67. The second kappa shape index (κ2) is 6.78. The Balaban J connectivity index is 2.51. The van der Waals surface area contributed by atoms with Crippen molar-refractivity contribution >= 4 is 29.3 Å². The lowest BCUT2D eigenvalue weighted by Gasteiger charge is -2.05. The van der Waals surface area contributed by atoms with Gasteiger partial charge in [-0.15, -0.1) is 11.8 Å². The van der Waals surface area contributed by atoms with Gasteiger partial charge in [-0.1, -0.05) is 17.7 Å². The van der Waals surface area contributed by atoms with E-state index >= 15 is 0 Å². The summed E-state index contributed by atoms with van der Waals surface area (Å²) >= 11 is 7.60. The van der Waals surface area contributed by atoms with Crippen LogP contribution in [0.2, 0.25) is 5.02 Å². The predicted molar refractivity (Wildman–Crippen MR) is 66.7 cm³/mol. The molecule has 0 amide bonds. The van der Waals surface area contributed by atoms with Gasteiger partial charge in [0, 0.05) is 17.2 Å². The summed E-state index contributed by atoms with van der Waals surface area (Å²) in [5.74, 6) is 0.455. The zero-order chi connectivity index (χ0) is 12.0. The molecule has 1 aromatic rings. The summed E-state index contributed by atoms with van der Waals surface area (Å²) in [6.45, 7) is 0.479. The lowest BCUT2D eigenvalue weighted by Crippen LogP contribution is -2.01. The van der Waals surface area contributed by atoms with Crippen LogP contribution in [0, 0.1) is 0 Å². The Kier molecular flexibility index (Phi) is 5.66. The Bertz CT molecular complexity index is 371. The molecule has 0 aliphatic heterocycles. The second-order valence-electron chi connectivity index (χ2n) is 3.14. The second-order valence-corrected chi connectivity index (χ2v) is 4.69. The van der Waals surface area contributed by atoms with Gasteiger partial charge in [0.05, 0.1) is 18.6 Å². The molecule has 0 bridgehead atoms. The van der Waals surface area contributed by atoms with E-state index in [4.69, 9.17) is 17.3 Å². The van der Waals surface area contributed by atoms with E-state index in [0.29, 0.717) is 23.7 Å². The molecule has 1 rings (SSSR count). The molecule has 1 aromatic carbocycles.